The van der Waals surface area contributed by atoms with E-state index in [0.29, 0.717) is 0 Å². The minimum absolute atomic E-state index is 0.119. The van der Waals surface area contributed by atoms with E-state index in [9.17, 15) is 9.90 Å². The monoisotopic (exact) mass is 274 g/mol. The van der Waals surface area contributed by atoms with Gasteiger partial charge in [-0.05, 0) is 37.5 Å². The van der Waals surface area contributed by atoms with Crippen LogP contribution in [0.3, 0.4) is 0 Å². The molecular formula is C11H12Cl2N2O2. The number of pyridine rings is 1. The fourth-order valence-corrected chi connectivity index (χ4v) is 2.35. The molecule has 1 aromatic heterocycles. The van der Waals surface area contributed by atoms with E-state index in [-0.39, 0.29) is 22.4 Å². The molecule has 1 N–H and O–H groups in total. The van der Waals surface area contributed by atoms with E-state index in [4.69, 9.17) is 23.2 Å². The molecular weight excluding hydrogens is 263 g/mol. The second-order valence-corrected chi connectivity index (χ2v) is 4.92. The Kier molecular flexibility index (Phi) is 3.45. The van der Waals surface area contributed by atoms with Gasteiger partial charge in [0.15, 0.2) is 0 Å². The first-order valence-electron chi connectivity index (χ1n) is 5.33. The molecule has 1 atom stereocenters. The maximum absolute atomic E-state index is 11.2. The molecule has 0 aromatic carbocycles. The highest BCUT2D eigenvalue weighted by Gasteiger charge is 2.36. The van der Waals surface area contributed by atoms with Crippen LogP contribution in [0.15, 0.2) is 12.1 Å². The van der Waals surface area contributed by atoms with E-state index >= 15 is 0 Å². The van der Waals surface area contributed by atoms with Crippen molar-refractivity contribution in [1.29, 1.82) is 0 Å². The third-order valence-electron chi connectivity index (χ3n) is 2.85. The summed E-state index contributed by atoms with van der Waals surface area (Å²) in [5.41, 5.74) is 0.768. The summed E-state index contributed by atoms with van der Waals surface area (Å²) in [6.07, 6.45) is 0.927. The van der Waals surface area contributed by atoms with Crippen LogP contribution in [0.5, 0.6) is 0 Å². The Morgan fingerprint density at radius 1 is 1.47 bits per heavy atom. The van der Waals surface area contributed by atoms with Crippen molar-refractivity contribution in [3.63, 3.8) is 0 Å². The molecule has 17 heavy (non-hydrogen) atoms. The van der Waals surface area contributed by atoms with E-state index in [1.807, 2.05) is 6.92 Å². The Hall–Kier alpha value is -1.00. The van der Waals surface area contributed by atoms with Crippen molar-refractivity contribution < 1.29 is 9.90 Å². The lowest BCUT2D eigenvalue weighted by molar-refractivity contribution is 0.124. The Morgan fingerprint density at radius 3 is 2.41 bits per heavy atom. The van der Waals surface area contributed by atoms with Gasteiger partial charge < -0.3 is 5.11 Å². The molecule has 0 radical (unpaired) electrons. The van der Waals surface area contributed by atoms with Crippen LogP contribution < -0.4 is 0 Å². The van der Waals surface area contributed by atoms with Gasteiger partial charge in [0, 0.05) is 6.04 Å². The maximum Gasteiger partial charge on any atom is 0.408 e. The van der Waals surface area contributed by atoms with Crippen molar-refractivity contribution in [3.05, 3.63) is 28.0 Å². The molecule has 6 heteroatoms. The largest absolute Gasteiger partial charge is 0.465 e. The standard InChI is InChI=1S/C11H12Cl2N2O2/c1-6(15(11(16)17)8-2-3-8)7-4-9(12)14-10(13)5-7/h4-6,8H,2-3H2,1H3,(H,16,17). The van der Waals surface area contributed by atoms with E-state index in [2.05, 4.69) is 4.98 Å². The first-order chi connectivity index (χ1) is 7.99. The summed E-state index contributed by atoms with van der Waals surface area (Å²) < 4.78 is 0. The van der Waals surface area contributed by atoms with Crippen LogP contribution >= 0.6 is 23.2 Å². The van der Waals surface area contributed by atoms with Crippen molar-refractivity contribution in [3.8, 4) is 0 Å². The highest BCUT2D eigenvalue weighted by molar-refractivity contribution is 6.32. The zero-order chi connectivity index (χ0) is 12.6. The summed E-state index contributed by atoms with van der Waals surface area (Å²) in [5.74, 6) is 0. The smallest absolute Gasteiger partial charge is 0.408 e. The highest BCUT2D eigenvalue weighted by Crippen LogP contribution is 2.35. The van der Waals surface area contributed by atoms with Crippen molar-refractivity contribution in [2.24, 2.45) is 0 Å². The van der Waals surface area contributed by atoms with Gasteiger partial charge in [0.2, 0.25) is 0 Å². The van der Waals surface area contributed by atoms with E-state index in [1.165, 1.54) is 4.90 Å². The van der Waals surface area contributed by atoms with Crippen LogP contribution in [0.4, 0.5) is 4.79 Å². The molecule has 2 rings (SSSR count). The third-order valence-corrected chi connectivity index (χ3v) is 3.23. The summed E-state index contributed by atoms with van der Waals surface area (Å²) in [4.78, 5) is 16.5. The van der Waals surface area contributed by atoms with Gasteiger partial charge in [0.05, 0.1) is 6.04 Å². The number of rotatable bonds is 3. The Balaban J connectivity index is 2.27. The van der Waals surface area contributed by atoms with Gasteiger partial charge in [-0.3, -0.25) is 4.90 Å². The normalized spacial score (nSPS) is 16.6. The fourth-order valence-electron chi connectivity index (χ4n) is 1.88. The summed E-state index contributed by atoms with van der Waals surface area (Å²) in [5, 5.41) is 9.75. The molecule has 1 unspecified atom stereocenters. The minimum atomic E-state index is -0.913. The minimum Gasteiger partial charge on any atom is -0.465 e. The Bertz CT molecular complexity index is 429. The number of carboxylic acid groups (broad SMARTS) is 1. The topological polar surface area (TPSA) is 53.4 Å². The number of nitrogens with zero attached hydrogens (tertiary/aromatic N) is 2. The summed E-state index contributed by atoms with van der Waals surface area (Å²) in [6, 6.07) is 3.15. The van der Waals surface area contributed by atoms with Gasteiger partial charge in [-0.25, -0.2) is 9.78 Å². The molecule has 0 bridgehead atoms. The Labute approximate surface area is 109 Å². The van der Waals surface area contributed by atoms with E-state index in [1.54, 1.807) is 12.1 Å². The van der Waals surface area contributed by atoms with Gasteiger partial charge in [0.25, 0.3) is 0 Å². The summed E-state index contributed by atoms with van der Waals surface area (Å²) >= 11 is 11.6. The lowest BCUT2D eigenvalue weighted by Crippen LogP contribution is -2.34. The van der Waals surface area contributed by atoms with Gasteiger partial charge in [-0.1, -0.05) is 23.2 Å². The lowest BCUT2D eigenvalue weighted by Gasteiger charge is -2.26. The third kappa shape index (κ3) is 2.82. The van der Waals surface area contributed by atoms with Crippen LogP contribution in [-0.2, 0) is 0 Å². The molecule has 1 amide bonds. The number of carbonyl (C=O) groups is 1. The van der Waals surface area contributed by atoms with Crippen molar-refractivity contribution in [2.75, 3.05) is 0 Å². The zero-order valence-corrected chi connectivity index (χ0v) is 10.7. The molecule has 1 aromatic rings. The van der Waals surface area contributed by atoms with Gasteiger partial charge in [-0.15, -0.1) is 0 Å². The average molecular weight is 275 g/mol. The van der Waals surface area contributed by atoms with Crippen molar-refractivity contribution in [1.82, 2.24) is 9.88 Å². The predicted octanol–water partition coefficient (Wildman–Crippen LogP) is 3.59. The molecule has 1 aliphatic rings. The van der Waals surface area contributed by atoms with Crippen molar-refractivity contribution >= 4 is 29.3 Å². The van der Waals surface area contributed by atoms with Crippen LogP contribution in [-0.4, -0.2) is 27.1 Å². The molecule has 4 nitrogen and oxygen atoms in total. The quantitative estimate of drug-likeness (QED) is 0.857. The second-order valence-electron chi connectivity index (χ2n) is 4.14. The average Bonchev–Trinajstić information content (AvgIpc) is 2.99. The highest BCUT2D eigenvalue weighted by atomic mass is 35.5. The van der Waals surface area contributed by atoms with Gasteiger partial charge >= 0.3 is 6.09 Å². The molecule has 1 aliphatic carbocycles. The predicted molar refractivity (Wildman–Crippen MR) is 65.6 cm³/mol. The molecule has 0 spiro atoms. The molecule has 0 saturated heterocycles. The maximum atomic E-state index is 11.2. The van der Waals surface area contributed by atoms with Crippen molar-refractivity contribution in [2.45, 2.75) is 31.8 Å². The number of amides is 1. The van der Waals surface area contributed by atoms with E-state index < -0.39 is 6.09 Å². The number of hydrogen-bond donors (Lipinski definition) is 1. The summed E-state index contributed by atoms with van der Waals surface area (Å²) in [7, 11) is 0. The molecule has 1 fully saturated rings. The van der Waals surface area contributed by atoms with Crippen LogP contribution in [0.1, 0.15) is 31.4 Å². The first-order valence-corrected chi connectivity index (χ1v) is 6.09. The molecule has 0 aliphatic heterocycles. The lowest BCUT2D eigenvalue weighted by atomic mass is 10.1. The van der Waals surface area contributed by atoms with Gasteiger partial charge in [0.1, 0.15) is 10.3 Å². The number of hydrogen-bond acceptors (Lipinski definition) is 2. The number of halogens is 2. The second kappa shape index (κ2) is 4.70. The Morgan fingerprint density at radius 2 is 2.00 bits per heavy atom. The molecule has 92 valence electrons. The summed E-state index contributed by atoms with van der Waals surface area (Å²) in [6.45, 7) is 1.83. The first kappa shape index (κ1) is 12.5. The molecule has 1 heterocycles. The fraction of sp³-hybridized carbons (Fsp3) is 0.455. The number of aromatic nitrogens is 1. The van der Waals surface area contributed by atoms with Gasteiger partial charge in [-0.2, -0.15) is 0 Å². The van der Waals surface area contributed by atoms with Crippen LogP contribution in [0.2, 0.25) is 10.3 Å². The van der Waals surface area contributed by atoms with Crippen LogP contribution in [0, 0.1) is 0 Å². The molecule has 1 saturated carbocycles. The SMILES string of the molecule is CC(c1cc(Cl)nc(Cl)c1)N(C(=O)O)C1CC1. The van der Waals surface area contributed by atoms with E-state index in [0.717, 1.165) is 18.4 Å². The van der Waals surface area contributed by atoms with Crippen LogP contribution in [0.25, 0.3) is 0 Å². The zero-order valence-electron chi connectivity index (χ0n) is 9.23.